The van der Waals surface area contributed by atoms with Crippen molar-refractivity contribution in [2.45, 2.75) is 88.5 Å². The summed E-state index contributed by atoms with van der Waals surface area (Å²) in [6.07, 6.45) is 4.11. The molecule has 22 heavy (non-hydrogen) atoms. The molecule has 0 aromatic rings. The number of unbranched alkanes of at least 4 members (excludes halogenated alkanes) is 2. The summed E-state index contributed by atoms with van der Waals surface area (Å²) in [6.45, 7) is 5.76. The number of rotatable bonds is 5. The number of hydrogen-bond acceptors (Lipinski definition) is 5. The smallest absolute Gasteiger partial charge is 0.192 e. The van der Waals surface area contributed by atoms with Gasteiger partial charge in [-0.25, -0.2) is 0 Å². The zero-order valence-corrected chi connectivity index (χ0v) is 13.6. The van der Waals surface area contributed by atoms with Crippen molar-refractivity contribution in [3.8, 4) is 0 Å². The molecule has 2 fully saturated rings. The van der Waals surface area contributed by atoms with Gasteiger partial charge in [0.2, 0.25) is 0 Å². The van der Waals surface area contributed by atoms with E-state index in [2.05, 4.69) is 6.92 Å². The fourth-order valence-electron chi connectivity index (χ4n) is 4.09. The molecule has 0 saturated carbocycles. The van der Waals surface area contributed by atoms with Gasteiger partial charge in [-0.3, -0.25) is 4.79 Å². The van der Waals surface area contributed by atoms with E-state index in [1.54, 1.807) is 0 Å². The van der Waals surface area contributed by atoms with Gasteiger partial charge in [-0.2, -0.15) is 0 Å². The van der Waals surface area contributed by atoms with Gasteiger partial charge in [-0.15, -0.1) is 0 Å². The molecule has 1 spiro atoms. The van der Waals surface area contributed by atoms with E-state index in [1.807, 2.05) is 13.8 Å². The van der Waals surface area contributed by atoms with Gasteiger partial charge in [-0.1, -0.05) is 19.8 Å². The third-order valence-electron chi connectivity index (χ3n) is 5.41. The van der Waals surface area contributed by atoms with Crippen molar-refractivity contribution >= 4 is 6.29 Å². The number of carbonyl (C=O) groups is 1. The van der Waals surface area contributed by atoms with Crippen LogP contribution in [0.15, 0.2) is 11.1 Å². The number of aliphatic hydroxyl groups is 2. The maximum atomic E-state index is 11.7. The Hall–Kier alpha value is -0.750. The lowest BCUT2D eigenvalue weighted by molar-refractivity contribution is -0.410. The Labute approximate surface area is 131 Å². The van der Waals surface area contributed by atoms with Crippen molar-refractivity contribution in [1.82, 2.24) is 0 Å². The van der Waals surface area contributed by atoms with Crippen LogP contribution in [0.5, 0.6) is 0 Å². The van der Waals surface area contributed by atoms with Crippen molar-refractivity contribution in [3.05, 3.63) is 11.1 Å². The lowest BCUT2D eigenvalue weighted by atomic mass is 9.63. The molecule has 5 nitrogen and oxygen atoms in total. The number of ether oxygens (including phenoxy) is 2. The number of carbonyl (C=O) groups excluding carboxylic acids is 1. The average molecular weight is 310 g/mol. The molecule has 3 aliphatic heterocycles. The Kier molecular flexibility index (Phi) is 3.76. The van der Waals surface area contributed by atoms with Crippen LogP contribution in [-0.4, -0.2) is 45.7 Å². The molecule has 4 unspecified atom stereocenters. The number of hydrogen-bond donors (Lipinski definition) is 2. The van der Waals surface area contributed by atoms with Gasteiger partial charge in [-0.05, 0) is 32.3 Å². The summed E-state index contributed by atoms with van der Waals surface area (Å²) >= 11 is 0. The molecule has 3 heterocycles. The maximum Gasteiger partial charge on any atom is 0.192 e. The van der Waals surface area contributed by atoms with Gasteiger partial charge in [0.05, 0.1) is 11.7 Å². The van der Waals surface area contributed by atoms with Crippen LogP contribution in [0.25, 0.3) is 0 Å². The van der Waals surface area contributed by atoms with Crippen molar-refractivity contribution in [2.75, 3.05) is 0 Å². The first-order chi connectivity index (χ1) is 10.3. The first kappa shape index (κ1) is 16.1. The normalized spacial score (nSPS) is 42.6. The molecule has 124 valence electrons. The van der Waals surface area contributed by atoms with Crippen molar-refractivity contribution in [1.29, 1.82) is 0 Å². The highest BCUT2D eigenvalue weighted by atomic mass is 16.7. The predicted octanol–water partition coefficient (Wildman–Crippen LogP) is 1.85. The molecule has 2 bridgehead atoms. The highest BCUT2D eigenvalue weighted by Gasteiger charge is 2.70. The molecule has 2 saturated heterocycles. The molecular weight excluding hydrogens is 284 g/mol. The molecule has 0 aromatic heterocycles. The van der Waals surface area contributed by atoms with Crippen LogP contribution in [0.3, 0.4) is 0 Å². The summed E-state index contributed by atoms with van der Waals surface area (Å²) in [7, 11) is 0. The van der Waals surface area contributed by atoms with Gasteiger partial charge >= 0.3 is 0 Å². The first-order valence-corrected chi connectivity index (χ1v) is 8.25. The minimum absolute atomic E-state index is 0.382. The summed E-state index contributed by atoms with van der Waals surface area (Å²) in [5.74, 6) is -1.34. The molecule has 4 atom stereocenters. The van der Waals surface area contributed by atoms with E-state index in [4.69, 9.17) is 9.47 Å². The third-order valence-corrected chi connectivity index (χ3v) is 5.41. The highest BCUT2D eigenvalue weighted by Crippen LogP contribution is 2.60. The van der Waals surface area contributed by atoms with E-state index in [0.717, 1.165) is 25.5 Å². The molecule has 5 heteroatoms. The van der Waals surface area contributed by atoms with Crippen LogP contribution in [0.2, 0.25) is 0 Å². The quantitative estimate of drug-likeness (QED) is 0.599. The van der Waals surface area contributed by atoms with Crippen molar-refractivity contribution in [3.63, 3.8) is 0 Å². The van der Waals surface area contributed by atoms with Gasteiger partial charge in [0.15, 0.2) is 5.79 Å². The zero-order chi connectivity index (χ0) is 16.2. The molecule has 0 amide bonds. The summed E-state index contributed by atoms with van der Waals surface area (Å²) in [6, 6.07) is 0. The topological polar surface area (TPSA) is 76.0 Å². The molecule has 0 aromatic carbocycles. The Morgan fingerprint density at radius 3 is 2.64 bits per heavy atom. The minimum Gasteiger partial charge on any atom is -0.390 e. The molecule has 2 N–H and O–H groups in total. The Bertz CT molecular complexity index is 501. The second kappa shape index (κ2) is 5.13. The van der Waals surface area contributed by atoms with Crippen LogP contribution >= 0.6 is 0 Å². The lowest BCUT2D eigenvalue weighted by Gasteiger charge is -2.65. The Morgan fingerprint density at radius 2 is 2.05 bits per heavy atom. The maximum absolute atomic E-state index is 11.7. The lowest BCUT2D eigenvalue weighted by Crippen LogP contribution is -2.75. The summed E-state index contributed by atoms with van der Waals surface area (Å²) < 4.78 is 11.9. The largest absolute Gasteiger partial charge is 0.390 e. The molecule has 1 aliphatic carbocycles. The second-order valence-electron chi connectivity index (χ2n) is 7.46. The Balaban J connectivity index is 1.94. The summed E-state index contributed by atoms with van der Waals surface area (Å²) in [5.41, 5.74) is -0.285. The molecule has 4 rings (SSSR count). The highest BCUT2D eigenvalue weighted by molar-refractivity contribution is 5.79. The monoisotopic (exact) mass is 310 g/mol. The average Bonchev–Trinajstić information content (AvgIpc) is 2.40. The Morgan fingerprint density at radius 1 is 1.36 bits per heavy atom. The molecule has 4 aliphatic rings. The van der Waals surface area contributed by atoms with E-state index in [0.29, 0.717) is 30.4 Å². The second-order valence-corrected chi connectivity index (χ2v) is 7.46. The fourth-order valence-corrected chi connectivity index (χ4v) is 4.09. The van der Waals surface area contributed by atoms with Gasteiger partial charge in [0.1, 0.15) is 18.0 Å². The SMILES string of the molecule is CCCCCC1=C(C=O)C2OC(C)(C)C(O)CC23CC1(O)O3. The van der Waals surface area contributed by atoms with E-state index in [9.17, 15) is 15.0 Å². The van der Waals surface area contributed by atoms with Crippen molar-refractivity contribution in [2.24, 2.45) is 0 Å². The van der Waals surface area contributed by atoms with E-state index in [1.165, 1.54) is 0 Å². The first-order valence-electron chi connectivity index (χ1n) is 8.25. The van der Waals surface area contributed by atoms with Crippen LogP contribution in [-0.2, 0) is 14.3 Å². The van der Waals surface area contributed by atoms with Gasteiger partial charge in [0.25, 0.3) is 0 Å². The summed E-state index contributed by atoms with van der Waals surface area (Å²) in [4.78, 5) is 11.7. The van der Waals surface area contributed by atoms with Crippen LogP contribution < -0.4 is 0 Å². The van der Waals surface area contributed by atoms with Gasteiger partial charge in [0, 0.05) is 18.4 Å². The minimum atomic E-state index is -1.34. The molecular formula is C17H26O5. The fraction of sp³-hybridized carbons (Fsp3) is 0.824. The van der Waals surface area contributed by atoms with Gasteiger partial charge < -0.3 is 19.7 Å². The van der Waals surface area contributed by atoms with Crippen molar-refractivity contribution < 1.29 is 24.5 Å². The number of aliphatic hydroxyl groups excluding tert-OH is 1. The number of aldehydes is 1. The van der Waals surface area contributed by atoms with E-state index in [-0.39, 0.29) is 0 Å². The van der Waals surface area contributed by atoms with Crippen LogP contribution in [0.4, 0.5) is 0 Å². The standard InChI is InChI=1S/C17H26O5/c1-4-5-6-7-12-11(9-18)14-16(10-17(12,20)22-16)8-13(19)15(2,3)21-14/h9,13-14,19-20H,4-8,10H2,1-3H3. The van der Waals surface area contributed by atoms with E-state index < -0.39 is 29.2 Å². The molecule has 0 radical (unpaired) electrons. The third kappa shape index (κ3) is 2.18. The van der Waals surface area contributed by atoms with Crippen LogP contribution in [0.1, 0.15) is 59.3 Å². The zero-order valence-electron chi connectivity index (χ0n) is 13.6. The van der Waals surface area contributed by atoms with E-state index >= 15 is 0 Å². The summed E-state index contributed by atoms with van der Waals surface area (Å²) in [5, 5.41) is 20.9. The predicted molar refractivity (Wildman–Crippen MR) is 80.2 cm³/mol. The van der Waals surface area contributed by atoms with Crippen LogP contribution in [0, 0.1) is 0 Å².